The van der Waals surface area contributed by atoms with Crippen molar-refractivity contribution in [2.24, 2.45) is 0 Å². The van der Waals surface area contributed by atoms with Gasteiger partial charge < -0.3 is 14.9 Å². The van der Waals surface area contributed by atoms with Crippen LogP contribution in [0, 0.1) is 0 Å². The highest BCUT2D eigenvalue weighted by Gasteiger charge is 2.69. The van der Waals surface area contributed by atoms with Gasteiger partial charge in [0, 0.05) is 12.1 Å². The Bertz CT molecular complexity index is 836. The highest BCUT2D eigenvalue weighted by Crippen LogP contribution is 2.47. The zero-order valence-electron chi connectivity index (χ0n) is 13.5. The molecule has 3 aliphatic heterocycles. The first-order chi connectivity index (χ1) is 11.8. The molecule has 0 saturated carbocycles. The van der Waals surface area contributed by atoms with E-state index in [0.717, 1.165) is 17.9 Å². The number of carbonyl (C=O) groups excluding carboxylic acids is 2. The molecule has 26 heavy (non-hydrogen) atoms. The Kier molecular flexibility index (Phi) is 3.91. The van der Waals surface area contributed by atoms with Gasteiger partial charge >= 0.3 is 12.1 Å². The fraction of sp³-hybridized carbons (Fsp3) is 0.643. The highest BCUT2D eigenvalue weighted by molar-refractivity contribution is 7.94. The van der Waals surface area contributed by atoms with Crippen molar-refractivity contribution in [2.45, 2.75) is 42.1 Å². The van der Waals surface area contributed by atoms with Crippen molar-refractivity contribution in [1.82, 2.24) is 9.80 Å². The number of likely N-dealkylation sites (tertiary alicyclic amines) is 1. The van der Waals surface area contributed by atoms with Crippen molar-refractivity contribution < 1.29 is 41.1 Å². The molecule has 0 unspecified atom stereocenters. The van der Waals surface area contributed by atoms with Gasteiger partial charge in [-0.25, -0.2) is 13.2 Å². The summed E-state index contributed by atoms with van der Waals surface area (Å²) in [6, 6.07) is -1.73. The van der Waals surface area contributed by atoms with E-state index < -0.39 is 56.5 Å². The number of rotatable bonds is 3. The molecule has 144 valence electrons. The van der Waals surface area contributed by atoms with Crippen LogP contribution in [0.25, 0.3) is 0 Å². The number of halogens is 3. The SMILES string of the molecule is C[C@]1(/C=C2\CCN(CC(F)(F)F)C2=O)[C@H](C(=O)O)N2C(=O)C[C@H]2S1(=O)=O. The van der Waals surface area contributed by atoms with E-state index in [-0.39, 0.29) is 25.0 Å². The molecule has 3 saturated heterocycles. The molecule has 3 aliphatic rings. The number of alkyl halides is 3. The Morgan fingerprint density at radius 1 is 1.38 bits per heavy atom. The molecule has 0 aliphatic carbocycles. The molecule has 0 aromatic heterocycles. The smallest absolute Gasteiger partial charge is 0.406 e. The van der Waals surface area contributed by atoms with Gasteiger partial charge in [0.15, 0.2) is 15.9 Å². The predicted octanol–water partition coefficient (Wildman–Crippen LogP) is -0.0939. The van der Waals surface area contributed by atoms with Crippen LogP contribution in [0.3, 0.4) is 0 Å². The van der Waals surface area contributed by atoms with Gasteiger partial charge in [0.1, 0.15) is 16.7 Å². The van der Waals surface area contributed by atoms with Crippen LogP contribution in [0.1, 0.15) is 19.8 Å². The fourth-order valence-electron chi connectivity index (χ4n) is 3.73. The van der Waals surface area contributed by atoms with Crippen LogP contribution >= 0.6 is 0 Å². The number of sulfone groups is 1. The monoisotopic (exact) mass is 396 g/mol. The lowest BCUT2D eigenvalue weighted by Crippen LogP contribution is -2.57. The largest absolute Gasteiger partial charge is 0.480 e. The van der Waals surface area contributed by atoms with E-state index in [1.807, 2.05) is 0 Å². The minimum Gasteiger partial charge on any atom is -0.480 e. The van der Waals surface area contributed by atoms with Crippen LogP contribution < -0.4 is 0 Å². The van der Waals surface area contributed by atoms with Gasteiger partial charge in [-0.15, -0.1) is 0 Å². The summed E-state index contributed by atoms with van der Waals surface area (Å²) in [5, 5.41) is 8.14. The Balaban J connectivity index is 1.99. The van der Waals surface area contributed by atoms with E-state index in [1.165, 1.54) is 0 Å². The van der Waals surface area contributed by atoms with Crippen molar-refractivity contribution in [3.05, 3.63) is 11.6 Å². The molecule has 3 heterocycles. The number of aliphatic carboxylic acids is 1. The van der Waals surface area contributed by atoms with E-state index >= 15 is 0 Å². The summed E-state index contributed by atoms with van der Waals surface area (Å²) in [5.74, 6) is -3.17. The quantitative estimate of drug-likeness (QED) is 0.527. The third kappa shape index (κ3) is 2.49. The zero-order chi connectivity index (χ0) is 19.7. The molecule has 0 radical (unpaired) electrons. The number of β-lactam (4-membered cyclic amide) rings is 1. The number of carboxylic acid groups (broad SMARTS) is 1. The fourth-order valence-corrected chi connectivity index (χ4v) is 6.05. The summed E-state index contributed by atoms with van der Waals surface area (Å²) in [4.78, 5) is 36.8. The molecule has 3 atom stereocenters. The van der Waals surface area contributed by atoms with E-state index in [2.05, 4.69) is 0 Å². The Labute approximate surface area is 146 Å². The second-order valence-electron chi connectivity index (χ2n) is 6.69. The lowest BCUT2D eigenvalue weighted by Gasteiger charge is -2.35. The second-order valence-corrected chi connectivity index (χ2v) is 9.20. The number of fused-ring (bicyclic) bond motifs is 1. The topological polar surface area (TPSA) is 112 Å². The molecule has 0 spiro atoms. The third-order valence-corrected chi connectivity index (χ3v) is 7.70. The normalized spacial score (nSPS) is 35.0. The molecule has 0 aromatic rings. The molecule has 8 nitrogen and oxygen atoms in total. The van der Waals surface area contributed by atoms with Crippen LogP contribution in [-0.2, 0) is 24.2 Å². The van der Waals surface area contributed by atoms with Crippen LogP contribution in [0.15, 0.2) is 11.6 Å². The van der Waals surface area contributed by atoms with Gasteiger partial charge in [-0.3, -0.25) is 9.59 Å². The molecule has 12 heteroatoms. The van der Waals surface area contributed by atoms with Gasteiger partial charge in [-0.2, -0.15) is 13.2 Å². The first-order valence-electron chi connectivity index (χ1n) is 7.65. The molecular formula is C14H15F3N2O6S. The van der Waals surface area contributed by atoms with Crippen LogP contribution in [0.2, 0.25) is 0 Å². The number of nitrogens with zero attached hydrogens (tertiary/aromatic N) is 2. The van der Waals surface area contributed by atoms with E-state index in [0.29, 0.717) is 4.90 Å². The van der Waals surface area contributed by atoms with Gasteiger partial charge in [0.05, 0.1) is 6.42 Å². The second kappa shape index (κ2) is 5.44. The maximum Gasteiger partial charge on any atom is 0.406 e. The average molecular weight is 396 g/mol. The van der Waals surface area contributed by atoms with Crippen LogP contribution in [0.4, 0.5) is 13.2 Å². The van der Waals surface area contributed by atoms with Crippen molar-refractivity contribution in [3.8, 4) is 0 Å². The first-order valence-corrected chi connectivity index (χ1v) is 9.19. The van der Waals surface area contributed by atoms with Crippen LogP contribution in [-0.4, -0.2) is 76.5 Å². The number of carbonyl (C=O) groups is 3. The minimum atomic E-state index is -4.60. The molecular weight excluding hydrogens is 381 g/mol. The Morgan fingerprint density at radius 2 is 2.00 bits per heavy atom. The molecule has 0 bridgehead atoms. The summed E-state index contributed by atoms with van der Waals surface area (Å²) >= 11 is 0. The van der Waals surface area contributed by atoms with Crippen LogP contribution in [0.5, 0.6) is 0 Å². The molecule has 3 fully saturated rings. The summed E-state index contributed by atoms with van der Waals surface area (Å²) < 4.78 is 60.9. The summed E-state index contributed by atoms with van der Waals surface area (Å²) in [5.41, 5.74) is -0.193. The van der Waals surface area contributed by atoms with Crippen molar-refractivity contribution in [1.29, 1.82) is 0 Å². The van der Waals surface area contributed by atoms with Gasteiger partial charge in [-0.05, 0) is 13.3 Å². The lowest BCUT2D eigenvalue weighted by molar-refractivity contribution is -0.157. The molecule has 1 N–H and O–H groups in total. The number of hydrogen-bond donors (Lipinski definition) is 1. The average Bonchev–Trinajstić information content (AvgIpc) is 2.86. The summed E-state index contributed by atoms with van der Waals surface area (Å²) in [6.07, 6.45) is -4.16. The Morgan fingerprint density at radius 3 is 2.50 bits per heavy atom. The van der Waals surface area contributed by atoms with Gasteiger partial charge in [-0.1, -0.05) is 6.08 Å². The Hall–Kier alpha value is -2.11. The maximum atomic E-state index is 12.7. The van der Waals surface area contributed by atoms with Crippen molar-refractivity contribution >= 4 is 27.6 Å². The highest BCUT2D eigenvalue weighted by atomic mass is 32.2. The third-order valence-electron chi connectivity index (χ3n) is 5.02. The van der Waals surface area contributed by atoms with Gasteiger partial charge in [0.2, 0.25) is 11.8 Å². The van der Waals surface area contributed by atoms with Crippen molar-refractivity contribution in [2.75, 3.05) is 13.1 Å². The number of carboxylic acids is 1. The molecule has 0 aromatic carbocycles. The lowest BCUT2D eigenvalue weighted by atomic mass is 9.94. The van der Waals surface area contributed by atoms with E-state index in [9.17, 15) is 41.1 Å². The predicted molar refractivity (Wildman–Crippen MR) is 79.3 cm³/mol. The van der Waals surface area contributed by atoms with Crippen molar-refractivity contribution in [3.63, 3.8) is 0 Å². The molecule has 2 amide bonds. The number of amides is 2. The van der Waals surface area contributed by atoms with Gasteiger partial charge in [0.25, 0.3) is 0 Å². The van der Waals surface area contributed by atoms with E-state index in [1.54, 1.807) is 0 Å². The summed E-state index contributed by atoms with van der Waals surface area (Å²) in [6.45, 7) is -0.633. The maximum absolute atomic E-state index is 12.7. The molecule has 3 rings (SSSR count). The standard InChI is InChI=1S/C14H15F3N2O6S/c1-13(5-7-2-3-18(11(7)21)6-14(15,16)17)10(12(22)23)19-8(20)4-9(19)26(13,24)25/h5,9-10H,2-4,6H2,1H3,(H,22,23)/b7-5+/t9-,10+,13+/m1/s1. The summed E-state index contributed by atoms with van der Waals surface area (Å²) in [7, 11) is -4.16. The van der Waals surface area contributed by atoms with E-state index in [4.69, 9.17) is 0 Å². The minimum absolute atomic E-state index is 0.134. The first kappa shape index (κ1) is 18.7. The number of hydrogen-bond acceptors (Lipinski definition) is 5. The zero-order valence-corrected chi connectivity index (χ0v) is 14.3.